The molecule has 1 aromatic rings. The van der Waals surface area contributed by atoms with Crippen molar-refractivity contribution in [2.75, 3.05) is 32.7 Å². The fourth-order valence-corrected chi connectivity index (χ4v) is 3.65. The van der Waals surface area contributed by atoms with Crippen LogP contribution in [0.3, 0.4) is 0 Å². The molecule has 1 aliphatic heterocycles. The van der Waals surface area contributed by atoms with Gasteiger partial charge in [-0.25, -0.2) is 0 Å². The maximum atomic E-state index is 6.08. The second-order valence-electron chi connectivity index (χ2n) is 5.09. The Kier molecular flexibility index (Phi) is 5.43. The summed E-state index contributed by atoms with van der Waals surface area (Å²) >= 11 is 1.90. The van der Waals surface area contributed by atoms with Gasteiger partial charge in [-0.15, -0.1) is 11.3 Å². The first-order valence-corrected chi connectivity index (χ1v) is 8.38. The summed E-state index contributed by atoms with van der Waals surface area (Å²) in [5, 5.41) is 0. The lowest BCUT2D eigenvalue weighted by molar-refractivity contribution is 0.250. The Labute approximate surface area is 126 Å². The van der Waals surface area contributed by atoms with E-state index >= 15 is 0 Å². The SMILES string of the molecule is CCc1ccc(C2CN=C(N)N2CCN(CC)CC)s1. The molecule has 2 rings (SSSR count). The van der Waals surface area contributed by atoms with Crippen molar-refractivity contribution in [1.82, 2.24) is 9.80 Å². The lowest BCUT2D eigenvalue weighted by Gasteiger charge is -2.28. The summed E-state index contributed by atoms with van der Waals surface area (Å²) in [5.41, 5.74) is 6.08. The number of nitrogens with zero attached hydrogens (tertiary/aromatic N) is 3. The lowest BCUT2D eigenvalue weighted by atomic mass is 10.2. The summed E-state index contributed by atoms with van der Waals surface area (Å²) in [7, 11) is 0. The largest absolute Gasteiger partial charge is 0.370 e. The highest BCUT2D eigenvalue weighted by Gasteiger charge is 2.28. The molecule has 0 saturated carbocycles. The van der Waals surface area contributed by atoms with Gasteiger partial charge in [0.2, 0.25) is 0 Å². The number of thiophene rings is 1. The molecule has 0 aliphatic carbocycles. The highest BCUT2D eigenvalue weighted by molar-refractivity contribution is 7.12. The summed E-state index contributed by atoms with van der Waals surface area (Å²) in [6.45, 7) is 11.6. The Hall–Kier alpha value is -1.07. The molecular weight excluding hydrogens is 268 g/mol. The minimum atomic E-state index is 0.343. The third-order valence-electron chi connectivity index (χ3n) is 4.01. The van der Waals surface area contributed by atoms with Gasteiger partial charge in [0.25, 0.3) is 0 Å². The van der Waals surface area contributed by atoms with E-state index in [0.29, 0.717) is 12.0 Å². The molecule has 2 heterocycles. The first kappa shape index (κ1) is 15.3. The second-order valence-corrected chi connectivity index (χ2v) is 6.29. The van der Waals surface area contributed by atoms with Gasteiger partial charge in [0.05, 0.1) is 12.6 Å². The van der Waals surface area contributed by atoms with Crippen molar-refractivity contribution in [1.29, 1.82) is 0 Å². The number of rotatable bonds is 7. The van der Waals surface area contributed by atoms with Crippen molar-refractivity contribution in [3.8, 4) is 0 Å². The minimum Gasteiger partial charge on any atom is -0.370 e. The van der Waals surface area contributed by atoms with Crippen molar-refractivity contribution < 1.29 is 0 Å². The number of likely N-dealkylation sites (N-methyl/N-ethyl adjacent to an activating group) is 1. The van der Waals surface area contributed by atoms with Gasteiger partial charge in [0.1, 0.15) is 0 Å². The smallest absolute Gasteiger partial charge is 0.191 e. The Balaban J connectivity index is 2.02. The van der Waals surface area contributed by atoms with Crippen LogP contribution in [0, 0.1) is 0 Å². The summed E-state index contributed by atoms with van der Waals surface area (Å²) in [6, 6.07) is 4.82. The molecule has 1 aliphatic rings. The van der Waals surface area contributed by atoms with Crippen molar-refractivity contribution in [2.45, 2.75) is 33.2 Å². The van der Waals surface area contributed by atoms with E-state index in [1.807, 2.05) is 11.3 Å². The minimum absolute atomic E-state index is 0.343. The molecule has 1 atom stereocenters. The van der Waals surface area contributed by atoms with Crippen molar-refractivity contribution in [2.24, 2.45) is 10.7 Å². The Morgan fingerprint density at radius 3 is 2.70 bits per heavy atom. The molecule has 4 nitrogen and oxygen atoms in total. The third-order valence-corrected chi connectivity index (χ3v) is 5.34. The summed E-state index contributed by atoms with van der Waals surface area (Å²) in [6.07, 6.45) is 1.10. The molecule has 0 radical (unpaired) electrons. The molecule has 0 saturated heterocycles. The van der Waals surface area contributed by atoms with Gasteiger partial charge in [-0.1, -0.05) is 20.8 Å². The molecule has 2 N–H and O–H groups in total. The molecule has 0 spiro atoms. The first-order valence-electron chi connectivity index (χ1n) is 7.57. The Morgan fingerprint density at radius 2 is 2.10 bits per heavy atom. The monoisotopic (exact) mass is 294 g/mol. The molecule has 1 aromatic heterocycles. The molecule has 1 unspecified atom stereocenters. The number of hydrogen-bond donors (Lipinski definition) is 1. The van der Waals surface area contributed by atoms with E-state index in [2.05, 4.69) is 47.7 Å². The van der Waals surface area contributed by atoms with Gasteiger partial charge >= 0.3 is 0 Å². The van der Waals surface area contributed by atoms with Gasteiger partial charge in [-0.05, 0) is 31.6 Å². The van der Waals surface area contributed by atoms with Crippen LogP contribution in [0.2, 0.25) is 0 Å². The van der Waals surface area contributed by atoms with Crippen molar-refractivity contribution in [3.05, 3.63) is 21.9 Å². The van der Waals surface area contributed by atoms with Crippen molar-refractivity contribution >= 4 is 17.3 Å². The molecule has 0 aromatic carbocycles. The van der Waals surface area contributed by atoms with Crippen LogP contribution in [0.15, 0.2) is 17.1 Å². The maximum Gasteiger partial charge on any atom is 0.191 e. The van der Waals surface area contributed by atoms with Crippen LogP contribution < -0.4 is 5.73 Å². The molecule has 5 heteroatoms. The Bertz CT molecular complexity index is 450. The highest BCUT2D eigenvalue weighted by atomic mass is 32.1. The van der Waals surface area contributed by atoms with Crippen molar-refractivity contribution in [3.63, 3.8) is 0 Å². The average Bonchev–Trinajstić information content (AvgIpc) is 3.07. The van der Waals surface area contributed by atoms with Gasteiger partial charge in [-0.3, -0.25) is 4.99 Å². The predicted octanol–water partition coefficient (Wildman–Crippen LogP) is 2.32. The molecular formula is C15H26N4S. The van der Waals surface area contributed by atoms with Gasteiger partial charge < -0.3 is 15.5 Å². The van der Waals surface area contributed by atoms with Crippen LogP contribution in [0.1, 0.15) is 36.6 Å². The molecule has 112 valence electrons. The number of nitrogens with two attached hydrogens (primary N) is 1. The number of guanidine groups is 1. The lowest BCUT2D eigenvalue weighted by Crippen LogP contribution is -2.41. The van der Waals surface area contributed by atoms with E-state index in [-0.39, 0.29) is 0 Å². The van der Waals surface area contributed by atoms with Crippen LogP contribution in [-0.4, -0.2) is 48.5 Å². The summed E-state index contributed by atoms with van der Waals surface area (Å²) < 4.78 is 0. The van der Waals surface area contributed by atoms with Gasteiger partial charge in [0, 0.05) is 22.8 Å². The van der Waals surface area contributed by atoms with Gasteiger partial charge in [-0.2, -0.15) is 0 Å². The van der Waals surface area contributed by atoms with Crippen LogP contribution in [-0.2, 0) is 6.42 Å². The fourth-order valence-electron chi connectivity index (χ4n) is 2.60. The third kappa shape index (κ3) is 3.33. The van der Waals surface area contributed by atoms with E-state index in [1.165, 1.54) is 9.75 Å². The van der Waals surface area contributed by atoms with Crippen LogP contribution in [0.25, 0.3) is 0 Å². The second kappa shape index (κ2) is 7.09. The van der Waals surface area contributed by atoms with Crippen LogP contribution in [0.5, 0.6) is 0 Å². The molecule has 20 heavy (non-hydrogen) atoms. The van der Waals surface area contributed by atoms with E-state index in [4.69, 9.17) is 5.73 Å². The maximum absolute atomic E-state index is 6.08. The van der Waals surface area contributed by atoms with Crippen LogP contribution >= 0.6 is 11.3 Å². The molecule has 0 bridgehead atoms. The van der Waals surface area contributed by atoms with E-state index in [0.717, 1.165) is 39.1 Å². The van der Waals surface area contributed by atoms with E-state index < -0.39 is 0 Å². The normalized spacial score (nSPS) is 18.9. The number of aliphatic imine (C=N–C) groups is 1. The first-order chi connectivity index (χ1) is 9.69. The van der Waals surface area contributed by atoms with E-state index in [9.17, 15) is 0 Å². The summed E-state index contributed by atoms with van der Waals surface area (Å²) in [4.78, 5) is 12.0. The van der Waals surface area contributed by atoms with E-state index in [1.54, 1.807) is 0 Å². The predicted molar refractivity (Wildman–Crippen MR) is 87.4 cm³/mol. The fraction of sp³-hybridized carbons (Fsp3) is 0.667. The highest BCUT2D eigenvalue weighted by Crippen LogP contribution is 2.31. The quantitative estimate of drug-likeness (QED) is 0.839. The topological polar surface area (TPSA) is 44.9 Å². The zero-order valence-electron chi connectivity index (χ0n) is 12.8. The van der Waals surface area contributed by atoms with Crippen LogP contribution in [0.4, 0.5) is 0 Å². The standard InChI is InChI=1S/C15H26N4S/c1-4-12-7-8-14(20-12)13-11-17-15(16)19(13)10-9-18(5-2)6-3/h7-8,13H,4-6,9-11H2,1-3H3,(H2,16,17). The number of hydrogen-bond acceptors (Lipinski definition) is 5. The zero-order valence-corrected chi connectivity index (χ0v) is 13.6. The van der Waals surface area contributed by atoms with Gasteiger partial charge in [0.15, 0.2) is 5.96 Å². The Morgan fingerprint density at radius 1 is 1.35 bits per heavy atom. The number of aryl methyl sites for hydroxylation is 1. The zero-order chi connectivity index (χ0) is 14.5. The average molecular weight is 294 g/mol. The molecule has 0 amide bonds. The summed E-state index contributed by atoms with van der Waals surface area (Å²) in [5.74, 6) is 0.702. The molecule has 0 fully saturated rings.